The molecule has 0 spiro atoms. The summed E-state index contributed by atoms with van der Waals surface area (Å²) in [5.74, 6) is 0.878. The molecule has 2 fully saturated rings. The van der Waals surface area contributed by atoms with Crippen LogP contribution in [0.5, 0.6) is 0 Å². The lowest BCUT2D eigenvalue weighted by Crippen LogP contribution is -2.45. The van der Waals surface area contributed by atoms with E-state index in [0.29, 0.717) is 11.5 Å². The van der Waals surface area contributed by atoms with Crippen LogP contribution < -0.4 is 5.32 Å². The van der Waals surface area contributed by atoms with E-state index in [9.17, 15) is 0 Å². The van der Waals surface area contributed by atoms with E-state index in [-0.39, 0.29) is 5.60 Å². The first-order valence-electron chi connectivity index (χ1n) is 8.92. The zero-order valence-corrected chi connectivity index (χ0v) is 14.4. The van der Waals surface area contributed by atoms with Crippen molar-refractivity contribution >= 4 is 0 Å². The van der Waals surface area contributed by atoms with E-state index >= 15 is 0 Å². The molecule has 1 aliphatic carbocycles. The molecule has 2 heteroatoms. The molecule has 0 aromatic heterocycles. The van der Waals surface area contributed by atoms with E-state index in [1.165, 1.54) is 24.8 Å². The average Bonchev–Trinajstić information content (AvgIpc) is 3.32. The Hall–Kier alpha value is -0.860. The van der Waals surface area contributed by atoms with Crippen molar-refractivity contribution in [1.82, 2.24) is 5.32 Å². The normalized spacial score (nSPS) is 27.3. The highest BCUT2D eigenvalue weighted by Crippen LogP contribution is 2.49. The molecule has 2 aliphatic rings. The Bertz CT molecular complexity index is 480. The third-order valence-electron chi connectivity index (χ3n) is 5.69. The van der Waals surface area contributed by atoms with Crippen molar-refractivity contribution in [3.05, 3.63) is 35.9 Å². The van der Waals surface area contributed by atoms with Crippen molar-refractivity contribution in [1.29, 1.82) is 0 Å². The number of ether oxygens (including phenoxy) is 1. The molecule has 22 heavy (non-hydrogen) atoms. The fourth-order valence-electron chi connectivity index (χ4n) is 4.07. The molecule has 2 nitrogen and oxygen atoms in total. The lowest BCUT2D eigenvalue weighted by Gasteiger charge is -2.37. The molecule has 122 valence electrons. The highest BCUT2D eigenvalue weighted by molar-refractivity contribution is 5.27. The van der Waals surface area contributed by atoms with Gasteiger partial charge in [-0.2, -0.15) is 0 Å². The third-order valence-corrected chi connectivity index (χ3v) is 5.69. The zero-order valence-electron chi connectivity index (χ0n) is 14.4. The topological polar surface area (TPSA) is 21.3 Å². The first kappa shape index (κ1) is 16.0. The van der Waals surface area contributed by atoms with Gasteiger partial charge in [0.25, 0.3) is 0 Å². The number of benzene rings is 1. The minimum absolute atomic E-state index is 0.0368. The Morgan fingerprint density at radius 3 is 2.55 bits per heavy atom. The van der Waals surface area contributed by atoms with Gasteiger partial charge in [-0.25, -0.2) is 0 Å². The van der Waals surface area contributed by atoms with Gasteiger partial charge in [-0.1, -0.05) is 37.3 Å². The minimum Gasteiger partial charge on any atom is -0.375 e. The van der Waals surface area contributed by atoms with Crippen LogP contribution in [-0.4, -0.2) is 24.8 Å². The van der Waals surface area contributed by atoms with Gasteiger partial charge in [-0.15, -0.1) is 0 Å². The molecule has 0 radical (unpaired) electrons. The number of nitrogens with one attached hydrogen (secondary N) is 1. The molecule has 2 atom stereocenters. The van der Waals surface area contributed by atoms with Crippen LogP contribution in [0.25, 0.3) is 0 Å². The molecule has 1 aromatic rings. The molecular formula is C20H31NO. The second kappa shape index (κ2) is 6.33. The molecule has 1 heterocycles. The molecular weight excluding hydrogens is 270 g/mol. The highest BCUT2D eigenvalue weighted by Gasteiger charge is 2.42. The van der Waals surface area contributed by atoms with Gasteiger partial charge in [0, 0.05) is 12.6 Å². The van der Waals surface area contributed by atoms with Gasteiger partial charge in [-0.3, -0.25) is 0 Å². The summed E-state index contributed by atoms with van der Waals surface area (Å²) in [6.45, 7) is 8.89. The van der Waals surface area contributed by atoms with E-state index in [2.05, 4.69) is 56.4 Å². The predicted octanol–water partition coefficient (Wildman–Crippen LogP) is 4.29. The molecule has 1 N–H and O–H groups in total. The van der Waals surface area contributed by atoms with Gasteiger partial charge < -0.3 is 10.1 Å². The smallest absolute Gasteiger partial charge is 0.0641 e. The maximum Gasteiger partial charge on any atom is 0.0641 e. The van der Waals surface area contributed by atoms with Crippen LogP contribution in [0.1, 0.15) is 58.4 Å². The summed E-state index contributed by atoms with van der Waals surface area (Å²) in [6.07, 6.45) is 6.30. The second-order valence-electron chi connectivity index (χ2n) is 8.06. The van der Waals surface area contributed by atoms with Crippen molar-refractivity contribution in [3.8, 4) is 0 Å². The third kappa shape index (κ3) is 3.72. The number of hydrogen-bond donors (Lipinski definition) is 1. The Morgan fingerprint density at radius 2 is 1.91 bits per heavy atom. The van der Waals surface area contributed by atoms with Crippen LogP contribution in [0.3, 0.4) is 0 Å². The van der Waals surface area contributed by atoms with Crippen LogP contribution in [0, 0.1) is 5.92 Å². The van der Waals surface area contributed by atoms with Gasteiger partial charge in [0.2, 0.25) is 0 Å². The SMILES string of the molecule is CC1(C)C[C@H](NCC[C@@](C)(c2ccccc2)C2CC2)CCO1. The fourth-order valence-corrected chi connectivity index (χ4v) is 4.07. The van der Waals surface area contributed by atoms with Crippen LogP contribution >= 0.6 is 0 Å². The van der Waals surface area contributed by atoms with Gasteiger partial charge in [0.1, 0.15) is 0 Å². The van der Waals surface area contributed by atoms with Crippen LogP contribution in [-0.2, 0) is 10.2 Å². The van der Waals surface area contributed by atoms with E-state index in [0.717, 1.165) is 31.9 Å². The molecule has 1 saturated heterocycles. The lowest BCUT2D eigenvalue weighted by molar-refractivity contribution is -0.0629. The van der Waals surface area contributed by atoms with Gasteiger partial charge in [0.15, 0.2) is 0 Å². The summed E-state index contributed by atoms with van der Waals surface area (Å²) in [7, 11) is 0. The van der Waals surface area contributed by atoms with Gasteiger partial charge >= 0.3 is 0 Å². The average molecular weight is 301 g/mol. The highest BCUT2D eigenvalue weighted by atomic mass is 16.5. The van der Waals surface area contributed by atoms with E-state index in [4.69, 9.17) is 4.74 Å². The summed E-state index contributed by atoms with van der Waals surface area (Å²) >= 11 is 0. The van der Waals surface area contributed by atoms with E-state index in [1.807, 2.05) is 0 Å². The van der Waals surface area contributed by atoms with Crippen LogP contribution in [0.15, 0.2) is 30.3 Å². The first-order chi connectivity index (χ1) is 10.5. The van der Waals surface area contributed by atoms with Gasteiger partial charge in [-0.05, 0) is 69.4 Å². The summed E-state index contributed by atoms with van der Waals surface area (Å²) in [5, 5.41) is 3.81. The van der Waals surface area contributed by atoms with E-state index < -0.39 is 0 Å². The number of rotatable bonds is 6. The molecule has 0 unspecified atom stereocenters. The predicted molar refractivity (Wildman–Crippen MR) is 92.2 cm³/mol. The van der Waals surface area contributed by atoms with Crippen molar-refractivity contribution in [2.24, 2.45) is 5.92 Å². The first-order valence-corrected chi connectivity index (χ1v) is 8.92. The quantitative estimate of drug-likeness (QED) is 0.846. The molecule has 1 aromatic carbocycles. The van der Waals surface area contributed by atoms with Crippen molar-refractivity contribution < 1.29 is 4.74 Å². The van der Waals surface area contributed by atoms with E-state index in [1.54, 1.807) is 0 Å². The summed E-state index contributed by atoms with van der Waals surface area (Å²) in [5.41, 5.74) is 1.90. The monoisotopic (exact) mass is 301 g/mol. The lowest BCUT2D eigenvalue weighted by atomic mass is 9.75. The fraction of sp³-hybridized carbons (Fsp3) is 0.700. The zero-order chi connectivity index (χ0) is 15.6. The van der Waals surface area contributed by atoms with Crippen LogP contribution in [0.4, 0.5) is 0 Å². The Kier molecular flexibility index (Phi) is 4.61. The Labute approximate surface area is 135 Å². The van der Waals surface area contributed by atoms with Crippen LogP contribution in [0.2, 0.25) is 0 Å². The van der Waals surface area contributed by atoms with Crippen molar-refractivity contribution in [3.63, 3.8) is 0 Å². The summed E-state index contributed by atoms with van der Waals surface area (Å²) in [4.78, 5) is 0. The standard InChI is InChI=1S/C20H31NO/c1-19(2)15-18(11-14-22-19)21-13-12-20(3,17-9-10-17)16-7-5-4-6-8-16/h4-8,17-18,21H,9-15H2,1-3H3/t18-,20+/m1/s1. The summed E-state index contributed by atoms with van der Waals surface area (Å²) < 4.78 is 5.82. The Balaban J connectivity index is 1.57. The van der Waals surface area contributed by atoms with Crippen molar-refractivity contribution in [2.45, 2.75) is 69.9 Å². The Morgan fingerprint density at radius 1 is 1.18 bits per heavy atom. The molecule has 0 amide bonds. The molecule has 1 aliphatic heterocycles. The largest absolute Gasteiger partial charge is 0.375 e. The maximum absolute atomic E-state index is 5.82. The molecule has 0 bridgehead atoms. The maximum atomic E-state index is 5.82. The molecule has 3 rings (SSSR count). The minimum atomic E-state index is 0.0368. The van der Waals surface area contributed by atoms with Crippen molar-refractivity contribution in [2.75, 3.05) is 13.2 Å². The second-order valence-corrected chi connectivity index (χ2v) is 8.06. The van der Waals surface area contributed by atoms with Gasteiger partial charge in [0.05, 0.1) is 5.60 Å². The summed E-state index contributed by atoms with van der Waals surface area (Å²) in [6, 6.07) is 11.7. The molecule has 1 saturated carbocycles. The number of hydrogen-bond acceptors (Lipinski definition) is 2.